The van der Waals surface area contributed by atoms with Crippen LogP contribution >= 0.6 is 0 Å². The van der Waals surface area contributed by atoms with Crippen LogP contribution in [0.2, 0.25) is 0 Å². The number of fused-ring (bicyclic) bond motifs is 1. The molecule has 0 aromatic heterocycles. The summed E-state index contributed by atoms with van der Waals surface area (Å²) >= 11 is 0. The van der Waals surface area contributed by atoms with Gasteiger partial charge in [0, 0.05) is 29.7 Å². The van der Waals surface area contributed by atoms with Gasteiger partial charge in [-0.05, 0) is 24.5 Å². The summed E-state index contributed by atoms with van der Waals surface area (Å²) < 4.78 is 1.07. The quantitative estimate of drug-likeness (QED) is 0.620. The Morgan fingerprint density at radius 3 is 2.75 bits per heavy atom. The lowest BCUT2D eigenvalue weighted by Gasteiger charge is -2.60. The second kappa shape index (κ2) is 5.73. The van der Waals surface area contributed by atoms with E-state index in [1.165, 1.54) is 24.8 Å². The molecule has 1 aliphatic heterocycles. The van der Waals surface area contributed by atoms with E-state index in [2.05, 4.69) is 14.1 Å². The predicted octanol–water partition coefficient (Wildman–Crippen LogP) is -0.672. The van der Waals surface area contributed by atoms with E-state index >= 15 is 0 Å². The van der Waals surface area contributed by atoms with Gasteiger partial charge in [0.2, 0.25) is 0 Å². The molecule has 3 N–H and O–H groups in total. The van der Waals surface area contributed by atoms with E-state index in [4.69, 9.17) is 5.73 Å². The third-order valence-electron chi connectivity index (χ3n) is 7.05. The number of likely N-dealkylation sites (N-methyl/N-ethyl adjacent to an activating group) is 1. The van der Waals surface area contributed by atoms with E-state index in [1.807, 2.05) is 6.07 Å². The first-order valence-corrected chi connectivity index (χ1v) is 8.85. The molecule has 1 saturated carbocycles. The molecule has 0 radical (unpaired) electrons. The summed E-state index contributed by atoms with van der Waals surface area (Å²) in [6, 6.07) is 4.38. The molecule has 5 heteroatoms. The van der Waals surface area contributed by atoms with Gasteiger partial charge < -0.3 is 32.3 Å². The van der Waals surface area contributed by atoms with Crippen LogP contribution in [0.15, 0.2) is 12.1 Å². The Balaban J connectivity index is 0.00000169. The predicted molar refractivity (Wildman–Crippen MR) is 89.3 cm³/mol. The SMILES string of the molecule is C[N+]1(C)CCC23CCCC[C@H]2C1Cc1ccc(C(N)=O)c(O)c13.[Br-]. The van der Waals surface area contributed by atoms with Gasteiger partial charge in [-0.1, -0.05) is 18.9 Å². The number of rotatable bonds is 1. The van der Waals surface area contributed by atoms with E-state index in [0.717, 1.165) is 35.9 Å². The molecule has 1 heterocycles. The number of likely N-dealkylation sites (tertiary alicyclic amines) is 1. The van der Waals surface area contributed by atoms with Crippen LogP contribution in [0.4, 0.5) is 0 Å². The molecule has 0 spiro atoms. The number of quaternary nitrogens is 1. The van der Waals surface area contributed by atoms with Crippen LogP contribution < -0.4 is 22.7 Å². The minimum atomic E-state index is -0.525. The highest BCUT2D eigenvalue weighted by atomic mass is 79.9. The number of benzene rings is 1. The zero-order chi connectivity index (χ0) is 16.4. The second-order valence-corrected chi connectivity index (χ2v) is 8.39. The van der Waals surface area contributed by atoms with Crippen LogP contribution in [0.25, 0.3) is 0 Å². The summed E-state index contributed by atoms with van der Waals surface area (Å²) in [7, 11) is 4.71. The fourth-order valence-electron chi connectivity index (χ4n) is 5.89. The smallest absolute Gasteiger partial charge is 0.252 e. The number of carbonyl (C=O) groups is 1. The molecule has 2 aliphatic carbocycles. The number of nitrogens with two attached hydrogens (primary N) is 1. The van der Waals surface area contributed by atoms with E-state index in [-0.39, 0.29) is 28.1 Å². The van der Waals surface area contributed by atoms with Crippen molar-refractivity contribution < 1.29 is 31.4 Å². The first-order chi connectivity index (χ1) is 10.9. The average Bonchev–Trinajstić information content (AvgIpc) is 2.51. The topological polar surface area (TPSA) is 63.3 Å². The van der Waals surface area contributed by atoms with Crippen LogP contribution in [-0.2, 0) is 11.8 Å². The Labute approximate surface area is 154 Å². The molecule has 1 aromatic carbocycles. The average molecular weight is 395 g/mol. The number of halogens is 1. The number of carbonyl (C=O) groups excluding carboxylic acids is 1. The summed E-state index contributed by atoms with van der Waals surface area (Å²) in [6.07, 6.45) is 6.99. The van der Waals surface area contributed by atoms with Gasteiger partial charge in [-0.15, -0.1) is 0 Å². The van der Waals surface area contributed by atoms with Gasteiger partial charge >= 0.3 is 0 Å². The number of hydrogen-bond donors (Lipinski definition) is 2. The molecule has 1 saturated heterocycles. The molecule has 1 aromatic rings. The number of hydrogen-bond acceptors (Lipinski definition) is 2. The Bertz CT molecular complexity index is 688. The molecule has 3 aliphatic rings. The van der Waals surface area contributed by atoms with Crippen molar-refractivity contribution in [3.8, 4) is 5.75 Å². The van der Waals surface area contributed by atoms with Crippen molar-refractivity contribution >= 4 is 5.91 Å². The third kappa shape index (κ3) is 2.24. The maximum absolute atomic E-state index is 11.7. The van der Waals surface area contributed by atoms with Gasteiger partial charge in [0.1, 0.15) is 5.75 Å². The van der Waals surface area contributed by atoms with Crippen LogP contribution in [0.3, 0.4) is 0 Å². The zero-order valence-electron chi connectivity index (χ0n) is 14.5. The molecule has 132 valence electrons. The molecule has 3 atom stereocenters. The van der Waals surface area contributed by atoms with Gasteiger partial charge in [-0.2, -0.15) is 0 Å². The molecule has 2 fully saturated rings. The normalized spacial score (nSPS) is 32.9. The monoisotopic (exact) mass is 394 g/mol. The van der Waals surface area contributed by atoms with Gasteiger partial charge in [0.15, 0.2) is 0 Å². The number of piperidine rings is 1. The molecular formula is C19H27BrN2O2. The highest BCUT2D eigenvalue weighted by Gasteiger charge is 2.59. The lowest BCUT2D eigenvalue weighted by Crippen LogP contribution is -3.00. The van der Waals surface area contributed by atoms with Gasteiger partial charge in [-0.3, -0.25) is 4.79 Å². The van der Waals surface area contributed by atoms with Gasteiger partial charge in [0.05, 0.1) is 32.2 Å². The van der Waals surface area contributed by atoms with Crippen LogP contribution in [0, 0.1) is 5.92 Å². The minimum Gasteiger partial charge on any atom is -1.00 e. The highest BCUT2D eigenvalue weighted by molar-refractivity contribution is 5.96. The Morgan fingerprint density at radius 2 is 2.04 bits per heavy atom. The van der Waals surface area contributed by atoms with E-state index < -0.39 is 5.91 Å². The maximum atomic E-state index is 11.7. The number of nitrogens with zero attached hydrogens (tertiary/aromatic N) is 1. The molecule has 2 unspecified atom stereocenters. The fourth-order valence-corrected chi connectivity index (χ4v) is 5.89. The van der Waals surface area contributed by atoms with Gasteiger partial charge in [-0.25, -0.2) is 0 Å². The maximum Gasteiger partial charge on any atom is 0.252 e. The van der Waals surface area contributed by atoms with Crippen molar-refractivity contribution in [1.82, 2.24) is 0 Å². The van der Waals surface area contributed by atoms with Crippen molar-refractivity contribution in [2.75, 3.05) is 20.6 Å². The summed E-state index contributed by atoms with van der Waals surface area (Å²) in [5.74, 6) is 0.261. The number of amides is 1. The van der Waals surface area contributed by atoms with E-state index in [1.54, 1.807) is 6.07 Å². The Kier molecular flexibility index (Phi) is 4.24. The zero-order valence-corrected chi connectivity index (χ0v) is 16.1. The van der Waals surface area contributed by atoms with Crippen LogP contribution in [0.5, 0.6) is 5.75 Å². The largest absolute Gasteiger partial charge is 1.00 e. The molecule has 1 amide bonds. The lowest BCUT2D eigenvalue weighted by atomic mass is 9.51. The number of primary amides is 1. The second-order valence-electron chi connectivity index (χ2n) is 8.39. The minimum absolute atomic E-state index is 0. The molecule has 4 rings (SSSR count). The summed E-state index contributed by atoms with van der Waals surface area (Å²) in [5.41, 5.74) is 8.13. The molecule has 2 bridgehead atoms. The molecule has 24 heavy (non-hydrogen) atoms. The van der Waals surface area contributed by atoms with Crippen molar-refractivity contribution in [1.29, 1.82) is 0 Å². The standard InChI is InChI=1S/C19H26N2O2.BrH/c1-21(2)10-9-19-8-4-3-5-14(19)15(21)11-12-6-7-13(18(20)23)17(22)16(12)19;/h6-7,14-15H,3-5,8-11H2,1-2H3,(H2-,20,22,23);1H/t14-,15?,19?;/m0./s1. The Morgan fingerprint density at radius 1 is 1.29 bits per heavy atom. The van der Waals surface area contributed by atoms with Crippen molar-refractivity contribution in [2.45, 2.75) is 50.0 Å². The van der Waals surface area contributed by atoms with E-state index in [0.29, 0.717) is 17.5 Å². The fraction of sp³-hybridized carbons (Fsp3) is 0.632. The van der Waals surface area contributed by atoms with Crippen molar-refractivity contribution in [3.63, 3.8) is 0 Å². The molecule has 4 nitrogen and oxygen atoms in total. The molecular weight excluding hydrogens is 368 g/mol. The third-order valence-corrected chi connectivity index (χ3v) is 7.05. The number of aromatic hydroxyl groups is 1. The number of phenols is 1. The summed E-state index contributed by atoms with van der Waals surface area (Å²) in [5, 5.41) is 10.9. The summed E-state index contributed by atoms with van der Waals surface area (Å²) in [4.78, 5) is 11.7. The van der Waals surface area contributed by atoms with Gasteiger partial charge in [0.25, 0.3) is 5.91 Å². The first kappa shape index (κ1) is 17.7. The van der Waals surface area contributed by atoms with Crippen LogP contribution in [-0.4, -0.2) is 42.2 Å². The van der Waals surface area contributed by atoms with Crippen molar-refractivity contribution in [3.05, 3.63) is 28.8 Å². The first-order valence-electron chi connectivity index (χ1n) is 8.85. The van der Waals surface area contributed by atoms with Crippen LogP contribution in [0.1, 0.15) is 53.6 Å². The van der Waals surface area contributed by atoms with Crippen molar-refractivity contribution in [2.24, 2.45) is 11.7 Å². The van der Waals surface area contributed by atoms with E-state index in [9.17, 15) is 9.90 Å². The summed E-state index contributed by atoms with van der Waals surface area (Å²) in [6.45, 7) is 1.14. The lowest BCUT2D eigenvalue weighted by molar-refractivity contribution is -0.927. The Hall–Kier alpha value is -1.07. The highest BCUT2D eigenvalue weighted by Crippen LogP contribution is 2.59.